The molecule has 1 saturated heterocycles. The monoisotopic (exact) mass is 433 g/mol. The van der Waals surface area contributed by atoms with Gasteiger partial charge in [0, 0.05) is 19.0 Å². The van der Waals surface area contributed by atoms with Crippen LogP contribution in [-0.2, 0) is 9.53 Å². The number of nitrogens with zero attached hydrogens (tertiary/aromatic N) is 1. The summed E-state index contributed by atoms with van der Waals surface area (Å²) >= 11 is 0. The molecule has 0 spiro atoms. The Morgan fingerprint density at radius 3 is 2.68 bits per heavy atom. The average molecular weight is 433 g/mol. The molecule has 2 amide bonds. The molecule has 9 heteroatoms. The van der Waals surface area contributed by atoms with E-state index in [0.29, 0.717) is 35.3 Å². The zero-order chi connectivity index (χ0) is 22.4. The molecule has 0 radical (unpaired) electrons. The standard InChI is InChI=1S/C22H25F2N3O4/c1-14(28)26-12-18-13-27(22(30)31-18)17-7-8-19(20(24)11-17)15-3-5-16(6-4-15)21(29)25-10-2-9-23/h3-8,11,18,21,25,29H,2,9-10,12-13H2,1H3,(H,26,28)/t18-,21?/m0/s1. The van der Waals surface area contributed by atoms with Crippen molar-refractivity contribution >= 4 is 17.7 Å². The number of rotatable bonds is 9. The largest absolute Gasteiger partial charge is 0.442 e. The maximum Gasteiger partial charge on any atom is 0.414 e. The van der Waals surface area contributed by atoms with Crippen molar-refractivity contribution in [2.45, 2.75) is 25.7 Å². The van der Waals surface area contributed by atoms with E-state index in [-0.39, 0.29) is 19.0 Å². The van der Waals surface area contributed by atoms with E-state index >= 15 is 0 Å². The van der Waals surface area contributed by atoms with E-state index in [9.17, 15) is 23.5 Å². The Hall–Kier alpha value is -3.04. The molecule has 1 heterocycles. The van der Waals surface area contributed by atoms with Gasteiger partial charge in [0.2, 0.25) is 5.91 Å². The quantitative estimate of drug-likeness (QED) is 0.418. The van der Waals surface area contributed by atoms with Crippen LogP contribution in [0.15, 0.2) is 42.5 Å². The summed E-state index contributed by atoms with van der Waals surface area (Å²) in [5.74, 6) is -0.732. The van der Waals surface area contributed by atoms with E-state index in [4.69, 9.17) is 4.74 Å². The SMILES string of the molecule is CC(=O)NC[C@H]1CN(c2ccc(-c3ccc(C(O)NCCCF)cc3)c(F)c2)C(=O)O1. The summed E-state index contributed by atoms with van der Waals surface area (Å²) in [6, 6.07) is 11.2. The number of anilines is 1. The van der Waals surface area contributed by atoms with Crippen molar-refractivity contribution in [2.24, 2.45) is 0 Å². The maximum atomic E-state index is 14.8. The molecule has 1 unspecified atom stereocenters. The normalized spacial score (nSPS) is 16.8. The molecule has 2 aromatic carbocycles. The number of hydrogen-bond donors (Lipinski definition) is 3. The molecule has 3 rings (SSSR count). The lowest BCUT2D eigenvalue weighted by Crippen LogP contribution is -2.33. The van der Waals surface area contributed by atoms with Gasteiger partial charge in [-0.3, -0.25) is 19.4 Å². The summed E-state index contributed by atoms with van der Waals surface area (Å²) in [4.78, 5) is 24.5. The van der Waals surface area contributed by atoms with Gasteiger partial charge in [0.25, 0.3) is 0 Å². The van der Waals surface area contributed by atoms with Crippen molar-refractivity contribution in [2.75, 3.05) is 31.2 Å². The first-order valence-corrected chi connectivity index (χ1v) is 9.99. The second kappa shape index (κ2) is 10.3. The Morgan fingerprint density at radius 1 is 1.29 bits per heavy atom. The molecule has 0 saturated carbocycles. The van der Waals surface area contributed by atoms with Crippen LogP contribution in [0.5, 0.6) is 0 Å². The topological polar surface area (TPSA) is 90.9 Å². The van der Waals surface area contributed by atoms with Crippen molar-refractivity contribution in [3.8, 4) is 11.1 Å². The maximum absolute atomic E-state index is 14.8. The van der Waals surface area contributed by atoms with Gasteiger partial charge >= 0.3 is 6.09 Å². The van der Waals surface area contributed by atoms with E-state index in [1.54, 1.807) is 36.4 Å². The molecule has 0 aliphatic carbocycles. The van der Waals surface area contributed by atoms with Crippen LogP contribution >= 0.6 is 0 Å². The second-order valence-electron chi connectivity index (χ2n) is 7.24. The third kappa shape index (κ3) is 5.77. The Balaban J connectivity index is 1.68. The molecule has 0 bridgehead atoms. The fourth-order valence-corrected chi connectivity index (χ4v) is 3.27. The van der Waals surface area contributed by atoms with Crippen LogP contribution in [0.2, 0.25) is 0 Å². The van der Waals surface area contributed by atoms with Gasteiger partial charge in [0.05, 0.1) is 25.5 Å². The lowest BCUT2D eigenvalue weighted by atomic mass is 10.0. The van der Waals surface area contributed by atoms with Crippen LogP contribution in [0.1, 0.15) is 25.1 Å². The first-order chi connectivity index (χ1) is 14.9. The number of alkyl halides is 1. The van der Waals surface area contributed by atoms with Crippen LogP contribution in [0.4, 0.5) is 19.3 Å². The van der Waals surface area contributed by atoms with E-state index in [1.165, 1.54) is 17.9 Å². The Morgan fingerprint density at radius 2 is 2.03 bits per heavy atom. The highest BCUT2D eigenvalue weighted by Crippen LogP contribution is 2.29. The number of nitrogens with one attached hydrogen (secondary N) is 2. The van der Waals surface area contributed by atoms with Crippen molar-refractivity contribution < 1.29 is 28.2 Å². The predicted molar refractivity (Wildman–Crippen MR) is 112 cm³/mol. The lowest BCUT2D eigenvalue weighted by molar-refractivity contribution is -0.119. The second-order valence-corrected chi connectivity index (χ2v) is 7.24. The molecule has 2 atom stereocenters. The molecule has 7 nitrogen and oxygen atoms in total. The summed E-state index contributed by atoms with van der Waals surface area (Å²) in [5.41, 5.74) is 1.90. The molecule has 1 aliphatic heterocycles. The molecule has 166 valence electrons. The van der Waals surface area contributed by atoms with E-state index in [1.807, 2.05) is 0 Å². The molecular formula is C22H25F2N3O4. The lowest BCUT2D eigenvalue weighted by Gasteiger charge is -2.15. The van der Waals surface area contributed by atoms with Gasteiger partial charge in [-0.15, -0.1) is 0 Å². The molecule has 1 fully saturated rings. The average Bonchev–Trinajstić information content (AvgIpc) is 3.13. The summed E-state index contributed by atoms with van der Waals surface area (Å²) in [7, 11) is 0. The Bertz CT molecular complexity index is 923. The number of amides is 2. The van der Waals surface area contributed by atoms with Gasteiger partial charge < -0.3 is 15.2 Å². The van der Waals surface area contributed by atoms with Gasteiger partial charge in [-0.05, 0) is 35.7 Å². The molecule has 0 aromatic heterocycles. The zero-order valence-electron chi connectivity index (χ0n) is 17.1. The number of aliphatic hydroxyl groups excluding tert-OH is 1. The van der Waals surface area contributed by atoms with Crippen LogP contribution in [-0.4, -0.2) is 49.5 Å². The fourth-order valence-electron chi connectivity index (χ4n) is 3.27. The summed E-state index contributed by atoms with van der Waals surface area (Å²) in [6.45, 7) is 1.66. The molecule has 31 heavy (non-hydrogen) atoms. The highest BCUT2D eigenvalue weighted by Gasteiger charge is 2.32. The third-order valence-corrected chi connectivity index (χ3v) is 4.90. The minimum atomic E-state index is -0.931. The molecule has 3 N–H and O–H groups in total. The highest BCUT2D eigenvalue weighted by molar-refractivity contribution is 5.90. The zero-order valence-corrected chi connectivity index (χ0v) is 17.1. The van der Waals surface area contributed by atoms with Crippen LogP contribution in [0.3, 0.4) is 0 Å². The minimum Gasteiger partial charge on any atom is -0.442 e. The summed E-state index contributed by atoms with van der Waals surface area (Å²) in [5, 5.41) is 15.4. The molecule has 2 aromatic rings. The summed E-state index contributed by atoms with van der Waals surface area (Å²) < 4.78 is 32.2. The number of carbonyl (C=O) groups excluding carboxylic acids is 2. The van der Waals surface area contributed by atoms with Crippen molar-refractivity contribution in [3.05, 3.63) is 53.8 Å². The van der Waals surface area contributed by atoms with Crippen molar-refractivity contribution in [1.29, 1.82) is 0 Å². The third-order valence-electron chi connectivity index (χ3n) is 4.90. The van der Waals surface area contributed by atoms with Crippen LogP contribution < -0.4 is 15.5 Å². The van der Waals surface area contributed by atoms with Crippen LogP contribution in [0.25, 0.3) is 11.1 Å². The Kier molecular flexibility index (Phi) is 7.54. The Labute approximate surface area is 179 Å². The van der Waals surface area contributed by atoms with Gasteiger partial charge in [-0.2, -0.15) is 0 Å². The van der Waals surface area contributed by atoms with Crippen molar-refractivity contribution in [3.63, 3.8) is 0 Å². The number of carbonyl (C=O) groups is 2. The van der Waals surface area contributed by atoms with E-state index in [2.05, 4.69) is 10.6 Å². The van der Waals surface area contributed by atoms with Gasteiger partial charge in [0.1, 0.15) is 18.1 Å². The molecule has 1 aliphatic rings. The minimum absolute atomic E-state index is 0.193. The van der Waals surface area contributed by atoms with Crippen molar-refractivity contribution in [1.82, 2.24) is 10.6 Å². The first-order valence-electron chi connectivity index (χ1n) is 9.99. The highest BCUT2D eigenvalue weighted by atomic mass is 19.1. The van der Waals surface area contributed by atoms with Crippen LogP contribution in [0, 0.1) is 5.82 Å². The number of aliphatic hydroxyl groups is 1. The fraction of sp³-hybridized carbons (Fsp3) is 0.364. The number of benzene rings is 2. The predicted octanol–water partition coefficient (Wildman–Crippen LogP) is 2.89. The van der Waals surface area contributed by atoms with Gasteiger partial charge in [0.15, 0.2) is 0 Å². The van der Waals surface area contributed by atoms with E-state index < -0.39 is 30.9 Å². The smallest absolute Gasteiger partial charge is 0.414 e. The summed E-state index contributed by atoms with van der Waals surface area (Å²) in [6.07, 6.45) is -1.72. The van der Waals surface area contributed by atoms with Gasteiger partial charge in [-0.1, -0.05) is 24.3 Å². The number of hydrogen-bond acceptors (Lipinski definition) is 5. The molecular weight excluding hydrogens is 408 g/mol. The number of halogens is 2. The number of cyclic esters (lactones) is 1. The number of ether oxygens (including phenoxy) is 1. The van der Waals surface area contributed by atoms with Gasteiger partial charge in [-0.25, -0.2) is 9.18 Å². The first kappa shape index (κ1) is 22.6. The van der Waals surface area contributed by atoms with E-state index in [0.717, 1.165) is 0 Å².